The number of thiazole rings is 1. The molecule has 1 aliphatic rings. The number of ketones is 1. The molecule has 1 amide bonds. The molecule has 0 aliphatic heterocycles. The monoisotopic (exact) mass is 565 g/mol. The fourth-order valence-electron chi connectivity index (χ4n) is 4.34. The molecule has 5 rings (SSSR count). The van der Waals surface area contributed by atoms with E-state index >= 15 is 0 Å². The number of hydrogen-bond acceptors (Lipinski definition) is 10. The highest BCUT2D eigenvalue weighted by atomic mass is 32.1. The largest absolute Gasteiger partial charge is 0.443 e. The van der Waals surface area contributed by atoms with Crippen LogP contribution < -0.4 is 15.8 Å². The quantitative estimate of drug-likeness (QED) is 0.316. The molecule has 1 saturated carbocycles. The summed E-state index contributed by atoms with van der Waals surface area (Å²) in [7, 11) is 1.53. The first kappa shape index (κ1) is 27.5. The molecule has 13 heteroatoms. The summed E-state index contributed by atoms with van der Waals surface area (Å²) >= 11 is 1.39. The molecule has 210 valence electrons. The minimum absolute atomic E-state index is 0.107. The molecule has 2 atom stereocenters. The van der Waals surface area contributed by atoms with E-state index in [9.17, 15) is 19.5 Å². The third-order valence-corrected chi connectivity index (χ3v) is 7.53. The van der Waals surface area contributed by atoms with Crippen LogP contribution in [0.3, 0.4) is 0 Å². The maximum absolute atomic E-state index is 13.3. The van der Waals surface area contributed by atoms with Crippen LogP contribution in [-0.2, 0) is 4.74 Å². The van der Waals surface area contributed by atoms with Crippen LogP contribution in [0.2, 0.25) is 0 Å². The molecule has 0 bridgehead atoms. The summed E-state index contributed by atoms with van der Waals surface area (Å²) in [6.45, 7) is 7.19. The van der Waals surface area contributed by atoms with Gasteiger partial charge in [0.05, 0.1) is 17.9 Å². The van der Waals surface area contributed by atoms with E-state index in [2.05, 4.69) is 20.4 Å². The maximum Gasteiger partial charge on any atom is 0.415 e. The maximum atomic E-state index is 13.3. The second-order valence-electron chi connectivity index (χ2n) is 10.8. The third kappa shape index (κ3) is 5.47. The van der Waals surface area contributed by atoms with Crippen LogP contribution in [-0.4, -0.2) is 59.9 Å². The first-order valence-corrected chi connectivity index (χ1v) is 13.7. The van der Waals surface area contributed by atoms with Crippen LogP contribution in [0.4, 0.5) is 22.1 Å². The molecule has 0 spiro atoms. The number of rotatable bonds is 7. The lowest BCUT2D eigenvalue weighted by molar-refractivity contribution is 0.0199. The van der Waals surface area contributed by atoms with Crippen LogP contribution in [0.5, 0.6) is 0 Å². The molecule has 1 fully saturated rings. The summed E-state index contributed by atoms with van der Waals surface area (Å²) in [6.07, 6.45) is 5.23. The standard InChI is InChI=1S/C27H31N7O5S/c1-15-13-28-25(40-15)33-10-6-7-18(24(33)37)30-21-12-22(32(5)26(38)39-27(2,3)4)34-23(31-21)17(14-29-34)20(36)11-16-8-9-19(16)35/h6-7,10,12-14,16,19,35H,8-9,11H2,1-5H3,(H,30,31)/t16-,19+/m0/s1. The van der Waals surface area contributed by atoms with Gasteiger partial charge in [-0.2, -0.15) is 9.61 Å². The van der Waals surface area contributed by atoms with Crippen LogP contribution in [0, 0.1) is 12.8 Å². The number of hydrogen-bond donors (Lipinski definition) is 2. The van der Waals surface area contributed by atoms with Gasteiger partial charge in [0.1, 0.15) is 22.9 Å². The molecule has 0 radical (unpaired) electrons. The van der Waals surface area contributed by atoms with E-state index in [1.54, 1.807) is 51.4 Å². The van der Waals surface area contributed by atoms with Gasteiger partial charge in [0.2, 0.25) is 0 Å². The molecule has 40 heavy (non-hydrogen) atoms. The molecular weight excluding hydrogens is 534 g/mol. The SMILES string of the molecule is Cc1cnc(-n2cccc(Nc3cc(N(C)C(=O)OC(C)(C)C)n4ncc(C(=O)C[C@@H]5CC[C@H]5O)c4n3)c2=O)s1. The van der Waals surface area contributed by atoms with Crippen molar-refractivity contribution >= 4 is 46.2 Å². The van der Waals surface area contributed by atoms with Crippen LogP contribution in [0.1, 0.15) is 55.3 Å². The minimum Gasteiger partial charge on any atom is -0.443 e. The molecule has 1 aliphatic carbocycles. The summed E-state index contributed by atoms with van der Waals surface area (Å²) in [6, 6.07) is 4.88. The van der Waals surface area contributed by atoms with E-state index in [4.69, 9.17) is 4.74 Å². The lowest BCUT2D eigenvalue weighted by atomic mass is 9.78. The normalized spacial score (nSPS) is 16.9. The molecule has 4 aromatic rings. The van der Waals surface area contributed by atoms with E-state index < -0.39 is 17.8 Å². The number of aliphatic hydroxyl groups is 1. The topological polar surface area (TPSA) is 144 Å². The van der Waals surface area contributed by atoms with Crippen molar-refractivity contribution < 1.29 is 19.4 Å². The van der Waals surface area contributed by atoms with Crippen molar-refractivity contribution in [3.05, 3.63) is 57.6 Å². The number of carbonyl (C=O) groups is 2. The number of nitrogens with zero attached hydrogens (tertiary/aromatic N) is 6. The van der Waals surface area contributed by atoms with Gasteiger partial charge in [0.15, 0.2) is 16.6 Å². The van der Waals surface area contributed by atoms with Gasteiger partial charge in [0, 0.05) is 36.8 Å². The number of nitrogens with one attached hydrogen (secondary N) is 1. The average molecular weight is 566 g/mol. The first-order valence-electron chi connectivity index (χ1n) is 12.9. The number of carbonyl (C=O) groups excluding carboxylic acids is 2. The fourth-order valence-corrected chi connectivity index (χ4v) is 5.08. The number of aromatic nitrogens is 5. The van der Waals surface area contributed by atoms with E-state index in [1.807, 2.05) is 6.92 Å². The molecule has 2 N–H and O–H groups in total. The molecule has 0 saturated heterocycles. The summed E-state index contributed by atoms with van der Waals surface area (Å²) in [5.41, 5.74) is -0.393. The Bertz CT molecular complexity index is 1650. The van der Waals surface area contributed by atoms with Gasteiger partial charge in [0.25, 0.3) is 5.56 Å². The third-order valence-electron chi connectivity index (χ3n) is 6.61. The Morgan fingerprint density at radius 2 is 2.05 bits per heavy atom. The molecule has 4 aromatic heterocycles. The fraction of sp³-hybridized carbons (Fsp3) is 0.407. The second-order valence-corrected chi connectivity index (χ2v) is 12.1. The van der Waals surface area contributed by atoms with E-state index in [0.29, 0.717) is 11.6 Å². The Hall–Kier alpha value is -4.10. The van der Waals surface area contributed by atoms with Crippen molar-refractivity contribution in [3.8, 4) is 5.13 Å². The van der Waals surface area contributed by atoms with Crippen molar-refractivity contribution in [2.45, 2.75) is 58.7 Å². The lowest BCUT2D eigenvalue weighted by Gasteiger charge is -2.31. The molecule has 0 aromatic carbocycles. The zero-order chi connectivity index (χ0) is 28.8. The Morgan fingerprint density at radius 3 is 2.67 bits per heavy atom. The average Bonchev–Trinajstić information content (AvgIpc) is 3.52. The number of pyridine rings is 1. The lowest BCUT2D eigenvalue weighted by Crippen LogP contribution is -2.35. The highest BCUT2D eigenvalue weighted by Crippen LogP contribution is 2.32. The Morgan fingerprint density at radius 1 is 1.27 bits per heavy atom. The van der Waals surface area contributed by atoms with Crippen molar-refractivity contribution in [2.75, 3.05) is 17.3 Å². The van der Waals surface area contributed by atoms with Gasteiger partial charge in [-0.15, -0.1) is 11.3 Å². The number of Topliss-reactive ketones (excluding diaryl/α,β-unsaturated/α-hetero) is 1. The smallest absolute Gasteiger partial charge is 0.415 e. The van der Waals surface area contributed by atoms with E-state index in [1.165, 1.54) is 38.6 Å². The highest BCUT2D eigenvalue weighted by molar-refractivity contribution is 7.14. The summed E-state index contributed by atoms with van der Waals surface area (Å²) in [5.74, 6) is 0.179. The zero-order valence-electron chi connectivity index (χ0n) is 22.9. The Balaban J connectivity index is 1.56. The molecule has 12 nitrogen and oxygen atoms in total. The van der Waals surface area contributed by atoms with Gasteiger partial charge in [-0.05, 0) is 58.6 Å². The highest BCUT2D eigenvalue weighted by Gasteiger charge is 2.32. The Labute approximate surface area is 234 Å². The number of anilines is 3. The summed E-state index contributed by atoms with van der Waals surface area (Å²) in [4.78, 5) is 50.6. The number of aliphatic hydroxyl groups excluding tert-OH is 1. The first-order chi connectivity index (χ1) is 18.9. The van der Waals surface area contributed by atoms with Crippen molar-refractivity contribution in [3.63, 3.8) is 0 Å². The van der Waals surface area contributed by atoms with Crippen LogP contribution in [0.25, 0.3) is 10.8 Å². The van der Waals surface area contributed by atoms with Gasteiger partial charge < -0.3 is 15.2 Å². The van der Waals surface area contributed by atoms with E-state index in [-0.39, 0.29) is 52.2 Å². The van der Waals surface area contributed by atoms with Crippen molar-refractivity contribution in [1.82, 2.24) is 24.1 Å². The van der Waals surface area contributed by atoms with Crippen LogP contribution in [0.15, 0.2) is 41.6 Å². The Kier molecular flexibility index (Phi) is 7.19. The number of aryl methyl sites for hydroxylation is 1. The van der Waals surface area contributed by atoms with Gasteiger partial charge in [-0.3, -0.25) is 19.1 Å². The van der Waals surface area contributed by atoms with Crippen molar-refractivity contribution in [1.29, 1.82) is 0 Å². The van der Waals surface area contributed by atoms with Crippen LogP contribution >= 0.6 is 11.3 Å². The molecule has 0 unspecified atom stereocenters. The second kappa shape index (κ2) is 10.5. The number of fused-ring (bicyclic) bond motifs is 1. The van der Waals surface area contributed by atoms with Gasteiger partial charge in [-0.1, -0.05) is 0 Å². The minimum atomic E-state index is -0.739. The summed E-state index contributed by atoms with van der Waals surface area (Å²) < 4.78 is 8.36. The van der Waals surface area contributed by atoms with Gasteiger partial charge >= 0.3 is 6.09 Å². The van der Waals surface area contributed by atoms with E-state index in [0.717, 1.165) is 11.3 Å². The van der Waals surface area contributed by atoms with Crippen molar-refractivity contribution in [2.24, 2.45) is 5.92 Å². The van der Waals surface area contributed by atoms with Gasteiger partial charge in [-0.25, -0.2) is 14.8 Å². The zero-order valence-corrected chi connectivity index (χ0v) is 23.7. The molecule has 4 heterocycles. The molecular formula is C27H31N7O5S. The number of ether oxygens (including phenoxy) is 1. The predicted octanol–water partition coefficient (Wildman–Crippen LogP) is 4.10. The predicted molar refractivity (Wildman–Crippen MR) is 151 cm³/mol. The number of amides is 1. The summed E-state index contributed by atoms with van der Waals surface area (Å²) in [5, 5.41) is 17.9.